The van der Waals surface area contributed by atoms with Gasteiger partial charge in [-0.2, -0.15) is 4.72 Å². The summed E-state index contributed by atoms with van der Waals surface area (Å²) in [6.45, 7) is 5.30. The SMILES string of the molecule is O=C(NC[C@H](NS(=O)(=O)c1ccccc1)C(=O)O)c1cnc(N2CCN(C3CCNCC3)CC2)s1. The van der Waals surface area contributed by atoms with E-state index in [1.165, 1.54) is 42.5 Å². The minimum absolute atomic E-state index is 0.0510. The molecule has 2 aromatic rings. The summed E-state index contributed by atoms with van der Waals surface area (Å²) >= 11 is 1.24. The van der Waals surface area contributed by atoms with Gasteiger partial charge in [0.25, 0.3) is 5.91 Å². The number of piperazine rings is 1. The highest BCUT2D eigenvalue weighted by Gasteiger charge is 2.28. The number of carbonyl (C=O) groups excluding carboxylic acids is 1. The summed E-state index contributed by atoms with van der Waals surface area (Å²) in [4.78, 5) is 33.6. The minimum Gasteiger partial charge on any atom is -0.480 e. The lowest BCUT2D eigenvalue weighted by Crippen LogP contribution is -2.52. The number of anilines is 1. The Hall–Kier alpha value is -2.58. The average molecular weight is 523 g/mol. The fourth-order valence-corrected chi connectivity index (χ4v) is 6.38. The first-order valence-corrected chi connectivity index (χ1v) is 13.9. The molecule has 2 saturated heterocycles. The van der Waals surface area contributed by atoms with Gasteiger partial charge in [-0.3, -0.25) is 14.5 Å². The van der Waals surface area contributed by atoms with Crippen LogP contribution in [0.3, 0.4) is 0 Å². The van der Waals surface area contributed by atoms with Crippen molar-refractivity contribution in [1.29, 1.82) is 0 Å². The molecule has 0 unspecified atom stereocenters. The Morgan fingerprint density at radius 2 is 1.83 bits per heavy atom. The Kier molecular flexibility index (Phi) is 8.34. The zero-order valence-electron chi connectivity index (χ0n) is 19.2. The molecule has 3 heterocycles. The van der Waals surface area contributed by atoms with Crippen LogP contribution < -0.4 is 20.3 Å². The second-order valence-corrected chi connectivity index (χ2v) is 11.3. The first kappa shape index (κ1) is 25.5. The second-order valence-electron chi connectivity index (χ2n) is 8.55. The summed E-state index contributed by atoms with van der Waals surface area (Å²) in [6, 6.07) is 6.58. The van der Waals surface area contributed by atoms with Crippen LogP contribution in [-0.4, -0.2) is 93.2 Å². The van der Waals surface area contributed by atoms with Crippen molar-refractivity contribution in [1.82, 2.24) is 25.2 Å². The molecule has 1 aromatic carbocycles. The van der Waals surface area contributed by atoms with E-state index in [9.17, 15) is 23.1 Å². The molecule has 1 atom stereocenters. The Morgan fingerprint density at radius 1 is 1.14 bits per heavy atom. The lowest BCUT2D eigenvalue weighted by atomic mass is 10.0. The standard InChI is InChI=1S/C22H30N6O5S2/c29-20(24-14-18(21(30)31)26-35(32,33)17-4-2-1-3-5-17)19-15-25-22(34-19)28-12-10-27(11-13-28)16-6-8-23-9-7-16/h1-5,15-16,18,23,26H,6-14H2,(H,24,29)(H,30,31)/t18-/m0/s1. The number of aliphatic carboxylic acids is 1. The second kappa shape index (κ2) is 11.4. The summed E-state index contributed by atoms with van der Waals surface area (Å²) in [5.41, 5.74) is 0. The van der Waals surface area contributed by atoms with Crippen LogP contribution in [0.15, 0.2) is 41.4 Å². The number of nitrogens with zero attached hydrogens (tertiary/aromatic N) is 3. The maximum atomic E-state index is 12.6. The predicted molar refractivity (Wildman–Crippen MR) is 132 cm³/mol. The molecule has 4 rings (SSSR count). The van der Waals surface area contributed by atoms with Crippen LogP contribution in [0, 0.1) is 0 Å². The molecule has 0 spiro atoms. The number of sulfonamides is 1. The third-order valence-corrected chi connectivity index (χ3v) is 8.79. The molecule has 1 aromatic heterocycles. The quantitative estimate of drug-likeness (QED) is 0.362. The number of carbonyl (C=O) groups is 2. The largest absolute Gasteiger partial charge is 0.480 e. The summed E-state index contributed by atoms with van der Waals surface area (Å²) in [7, 11) is -4.05. The van der Waals surface area contributed by atoms with Gasteiger partial charge in [-0.15, -0.1) is 0 Å². The number of carboxylic acids is 1. The van der Waals surface area contributed by atoms with E-state index in [2.05, 4.69) is 30.1 Å². The third kappa shape index (κ3) is 6.55. The molecule has 2 fully saturated rings. The van der Waals surface area contributed by atoms with Gasteiger partial charge in [-0.05, 0) is 38.1 Å². The highest BCUT2D eigenvalue weighted by atomic mass is 32.2. The summed E-state index contributed by atoms with van der Waals surface area (Å²) in [6.07, 6.45) is 3.80. The average Bonchev–Trinajstić information content (AvgIpc) is 3.38. The molecule has 0 bridgehead atoms. The maximum absolute atomic E-state index is 12.6. The number of carboxylic acid groups (broad SMARTS) is 1. The summed E-state index contributed by atoms with van der Waals surface area (Å²) in [5, 5.41) is 16.1. The zero-order valence-corrected chi connectivity index (χ0v) is 20.9. The number of thiazole rings is 1. The van der Waals surface area contributed by atoms with Gasteiger partial charge < -0.3 is 20.6 Å². The maximum Gasteiger partial charge on any atom is 0.323 e. The van der Waals surface area contributed by atoms with Crippen LogP contribution in [0.25, 0.3) is 0 Å². The Morgan fingerprint density at radius 3 is 2.49 bits per heavy atom. The van der Waals surface area contributed by atoms with E-state index >= 15 is 0 Å². The number of benzene rings is 1. The van der Waals surface area contributed by atoms with E-state index < -0.39 is 34.5 Å². The van der Waals surface area contributed by atoms with E-state index in [1.807, 2.05) is 0 Å². The Bertz CT molecular complexity index is 1110. The first-order chi connectivity index (χ1) is 16.8. The monoisotopic (exact) mass is 522 g/mol. The third-order valence-electron chi connectivity index (χ3n) is 6.24. The van der Waals surface area contributed by atoms with Crippen molar-refractivity contribution in [2.24, 2.45) is 0 Å². The Labute approximate surface area is 208 Å². The molecular formula is C22H30N6O5S2. The molecule has 0 aliphatic carbocycles. The fourth-order valence-electron chi connectivity index (χ4n) is 4.28. The minimum atomic E-state index is -4.05. The first-order valence-electron chi connectivity index (χ1n) is 11.6. The number of amides is 1. The molecular weight excluding hydrogens is 492 g/mol. The van der Waals surface area contributed by atoms with Gasteiger partial charge >= 0.3 is 5.97 Å². The topological polar surface area (TPSA) is 144 Å². The van der Waals surface area contributed by atoms with Crippen molar-refractivity contribution >= 4 is 38.4 Å². The molecule has 13 heteroatoms. The highest BCUT2D eigenvalue weighted by molar-refractivity contribution is 7.89. The smallest absolute Gasteiger partial charge is 0.323 e. The van der Waals surface area contributed by atoms with Gasteiger partial charge in [-0.1, -0.05) is 29.5 Å². The molecule has 4 N–H and O–H groups in total. The van der Waals surface area contributed by atoms with Crippen molar-refractivity contribution in [3.05, 3.63) is 41.4 Å². The van der Waals surface area contributed by atoms with Crippen LogP contribution >= 0.6 is 11.3 Å². The van der Waals surface area contributed by atoms with Crippen LogP contribution in [-0.2, 0) is 14.8 Å². The van der Waals surface area contributed by atoms with Crippen LogP contribution in [0.2, 0.25) is 0 Å². The van der Waals surface area contributed by atoms with E-state index in [0.29, 0.717) is 10.9 Å². The van der Waals surface area contributed by atoms with E-state index in [4.69, 9.17) is 0 Å². The number of nitrogens with one attached hydrogen (secondary N) is 3. The van der Waals surface area contributed by atoms with Crippen LogP contribution in [0.4, 0.5) is 5.13 Å². The van der Waals surface area contributed by atoms with E-state index in [0.717, 1.165) is 44.4 Å². The number of hydrogen-bond acceptors (Lipinski definition) is 9. The van der Waals surface area contributed by atoms with Crippen LogP contribution in [0.5, 0.6) is 0 Å². The molecule has 1 amide bonds. The Balaban J connectivity index is 1.30. The van der Waals surface area contributed by atoms with Gasteiger partial charge in [0, 0.05) is 38.8 Å². The molecule has 2 aliphatic heterocycles. The van der Waals surface area contributed by atoms with Gasteiger partial charge in [-0.25, -0.2) is 13.4 Å². The zero-order chi connectivity index (χ0) is 24.8. The van der Waals surface area contributed by atoms with Crippen molar-refractivity contribution in [3.8, 4) is 0 Å². The normalized spacial score (nSPS) is 18.8. The molecule has 11 nitrogen and oxygen atoms in total. The predicted octanol–water partition coefficient (Wildman–Crippen LogP) is 0.179. The van der Waals surface area contributed by atoms with Gasteiger partial charge in [0.05, 0.1) is 11.1 Å². The highest BCUT2D eigenvalue weighted by Crippen LogP contribution is 2.25. The van der Waals surface area contributed by atoms with Crippen molar-refractivity contribution in [3.63, 3.8) is 0 Å². The molecule has 0 radical (unpaired) electrons. The lowest BCUT2D eigenvalue weighted by Gasteiger charge is -2.40. The van der Waals surface area contributed by atoms with E-state index in [1.54, 1.807) is 18.2 Å². The van der Waals surface area contributed by atoms with Gasteiger partial charge in [0.2, 0.25) is 10.0 Å². The number of piperidine rings is 1. The molecule has 2 aliphatic rings. The molecule has 35 heavy (non-hydrogen) atoms. The lowest BCUT2D eigenvalue weighted by molar-refractivity contribution is -0.138. The van der Waals surface area contributed by atoms with E-state index in [-0.39, 0.29) is 4.90 Å². The molecule has 190 valence electrons. The number of aromatic nitrogens is 1. The van der Waals surface area contributed by atoms with Crippen molar-refractivity contribution in [2.75, 3.05) is 50.7 Å². The van der Waals surface area contributed by atoms with Crippen molar-refractivity contribution in [2.45, 2.75) is 29.8 Å². The molecule has 0 saturated carbocycles. The van der Waals surface area contributed by atoms with Gasteiger partial charge in [0.15, 0.2) is 5.13 Å². The number of hydrogen-bond donors (Lipinski definition) is 4. The van der Waals surface area contributed by atoms with Gasteiger partial charge in [0.1, 0.15) is 10.9 Å². The number of rotatable bonds is 9. The van der Waals surface area contributed by atoms with Crippen molar-refractivity contribution < 1.29 is 23.1 Å². The van der Waals surface area contributed by atoms with Crippen LogP contribution in [0.1, 0.15) is 22.5 Å². The summed E-state index contributed by atoms with van der Waals surface area (Å²) in [5.74, 6) is -1.88. The fraction of sp³-hybridized carbons (Fsp3) is 0.500. The summed E-state index contributed by atoms with van der Waals surface area (Å²) < 4.78 is 27.0.